The van der Waals surface area contributed by atoms with Gasteiger partial charge in [0.25, 0.3) is 0 Å². The Balaban J connectivity index is 4.40. The first-order chi connectivity index (χ1) is 10.9. The number of carbonyl (C=O) groups is 1. The Morgan fingerprint density at radius 1 is 1.39 bits per heavy atom. The second kappa shape index (κ2) is 12.5. The van der Waals surface area contributed by atoms with Gasteiger partial charge in [0, 0.05) is 12.6 Å². The molecule has 6 N–H and O–H groups in total. The molecule has 23 heavy (non-hydrogen) atoms. The number of likely N-dealkylation sites (N-methyl/N-ethyl adjacent to an activating group) is 1. The topological polar surface area (TPSA) is 106 Å². The first-order valence-electron chi connectivity index (χ1n) is 7.91. The zero-order valence-corrected chi connectivity index (χ0v) is 14.5. The Morgan fingerprint density at radius 3 is 2.61 bits per heavy atom. The lowest BCUT2D eigenvalue weighted by Crippen LogP contribution is -2.46. The Bertz CT molecular complexity index is 450. The molecule has 0 heterocycles. The van der Waals surface area contributed by atoms with Crippen molar-refractivity contribution in [1.29, 1.82) is 0 Å². The van der Waals surface area contributed by atoms with Gasteiger partial charge in [-0.25, -0.2) is 0 Å². The molecule has 0 spiro atoms. The molecule has 0 bridgehead atoms. The fourth-order valence-corrected chi connectivity index (χ4v) is 2.10. The number of hydrogen-bond acceptors (Lipinski definition) is 3. The molecule has 0 aliphatic rings. The third-order valence-corrected chi connectivity index (χ3v) is 3.31. The normalized spacial score (nSPS) is 14.3. The minimum absolute atomic E-state index is 0.0147. The lowest BCUT2D eigenvalue weighted by atomic mass is 10.1. The molecule has 0 aromatic heterocycles. The van der Waals surface area contributed by atoms with Crippen molar-refractivity contribution in [2.75, 3.05) is 13.6 Å². The fourth-order valence-electron chi connectivity index (χ4n) is 2.10. The van der Waals surface area contributed by atoms with Crippen LogP contribution in [-0.2, 0) is 4.79 Å². The van der Waals surface area contributed by atoms with Crippen molar-refractivity contribution in [2.24, 2.45) is 16.5 Å². The summed E-state index contributed by atoms with van der Waals surface area (Å²) in [6.45, 7) is 8.27. The lowest BCUT2D eigenvalue weighted by molar-refractivity contribution is -0.123. The van der Waals surface area contributed by atoms with Crippen LogP contribution < -0.4 is 22.1 Å². The van der Waals surface area contributed by atoms with Crippen LogP contribution in [0.25, 0.3) is 0 Å². The maximum atomic E-state index is 12.3. The number of nitrogens with one attached hydrogen (secondary N) is 2. The molecule has 130 valence electrons. The van der Waals surface area contributed by atoms with E-state index < -0.39 is 0 Å². The number of nitrogens with two attached hydrogens (primary N) is 2. The van der Waals surface area contributed by atoms with E-state index in [-0.39, 0.29) is 24.0 Å². The summed E-state index contributed by atoms with van der Waals surface area (Å²) in [5.41, 5.74) is 11.6. The zero-order chi connectivity index (χ0) is 17.7. The van der Waals surface area contributed by atoms with Crippen molar-refractivity contribution in [1.82, 2.24) is 10.6 Å². The van der Waals surface area contributed by atoms with Crippen LogP contribution in [0, 0.1) is 0 Å². The molecule has 0 aromatic carbocycles. The Kier molecular flexibility index (Phi) is 11.3. The van der Waals surface area contributed by atoms with Crippen LogP contribution in [0.1, 0.15) is 33.1 Å². The Morgan fingerprint density at radius 2 is 2.09 bits per heavy atom. The number of amides is 1. The molecule has 6 nitrogen and oxygen atoms in total. The van der Waals surface area contributed by atoms with E-state index in [1.807, 2.05) is 38.2 Å². The SMILES string of the molecule is C=C/C(=C\C=C/C)C[C@H](C)NC(=O)[C@H](CCCN=C(N)N)NC. The van der Waals surface area contributed by atoms with E-state index in [1.54, 1.807) is 7.05 Å². The first-order valence-corrected chi connectivity index (χ1v) is 7.91. The molecule has 0 radical (unpaired) electrons. The summed E-state index contributed by atoms with van der Waals surface area (Å²) in [6.07, 6.45) is 9.89. The van der Waals surface area contributed by atoms with Gasteiger partial charge in [0.05, 0.1) is 6.04 Å². The third-order valence-electron chi connectivity index (χ3n) is 3.31. The molecule has 0 fully saturated rings. The van der Waals surface area contributed by atoms with E-state index in [4.69, 9.17) is 11.5 Å². The minimum atomic E-state index is -0.252. The number of hydrogen-bond donors (Lipinski definition) is 4. The van der Waals surface area contributed by atoms with Gasteiger partial charge in [0.2, 0.25) is 5.91 Å². The number of rotatable bonds is 11. The molecule has 6 heteroatoms. The third kappa shape index (κ3) is 10.3. The van der Waals surface area contributed by atoms with Crippen molar-refractivity contribution >= 4 is 11.9 Å². The average Bonchev–Trinajstić information content (AvgIpc) is 2.50. The number of allylic oxidation sites excluding steroid dienone is 4. The predicted molar refractivity (Wildman–Crippen MR) is 98.1 cm³/mol. The van der Waals surface area contributed by atoms with Crippen molar-refractivity contribution in [3.05, 3.63) is 36.5 Å². The van der Waals surface area contributed by atoms with Crippen molar-refractivity contribution < 1.29 is 4.79 Å². The molecule has 1 amide bonds. The van der Waals surface area contributed by atoms with Crippen LogP contribution in [0.5, 0.6) is 0 Å². The minimum Gasteiger partial charge on any atom is -0.370 e. The van der Waals surface area contributed by atoms with E-state index in [9.17, 15) is 4.79 Å². The second-order valence-electron chi connectivity index (χ2n) is 5.38. The molecule has 0 aromatic rings. The van der Waals surface area contributed by atoms with Crippen LogP contribution >= 0.6 is 0 Å². The molecule has 2 atom stereocenters. The summed E-state index contributed by atoms with van der Waals surface area (Å²) < 4.78 is 0. The van der Waals surface area contributed by atoms with Gasteiger partial charge in [-0.2, -0.15) is 0 Å². The van der Waals surface area contributed by atoms with E-state index in [1.165, 1.54) is 0 Å². The monoisotopic (exact) mass is 321 g/mol. The summed E-state index contributed by atoms with van der Waals surface area (Å²) in [7, 11) is 1.77. The highest BCUT2D eigenvalue weighted by atomic mass is 16.2. The molecule has 0 aliphatic carbocycles. The van der Waals surface area contributed by atoms with E-state index in [0.717, 1.165) is 18.4 Å². The second-order valence-corrected chi connectivity index (χ2v) is 5.38. The van der Waals surface area contributed by atoms with Crippen LogP contribution in [0.3, 0.4) is 0 Å². The largest absolute Gasteiger partial charge is 0.370 e. The quantitative estimate of drug-likeness (QED) is 0.199. The molecule has 0 saturated carbocycles. The Hall–Kier alpha value is -2.08. The van der Waals surface area contributed by atoms with Crippen LogP contribution in [0.2, 0.25) is 0 Å². The summed E-state index contributed by atoms with van der Waals surface area (Å²) in [6, 6.07) is -0.219. The van der Waals surface area contributed by atoms with E-state index in [2.05, 4.69) is 22.2 Å². The summed E-state index contributed by atoms with van der Waals surface area (Å²) in [5.74, 6) is 0.0631. The highest BCUT2D eigenvalue weighted by Gasteiger charge is 2.17. The predicted octanol–water partition coefficient (Wildman–Crippen LogP) is 1.21. The maximum Gasteiger partial charge on any atom is 0.237 e. The fraction of sp³-hybridized carbons (Fsp3) is 0.529. The zero-order valence-electron chi connectivity index (χ0n) is 14.5. The van der Waals surface area contributed by atoms with Gasteiger partial charge in [-0.1, -0.05) is 30.9 Å². The average molecular weight is 321 g/mol. The van der Waals surface area contributed by atoms with Gasteiger partial charge >= 0.3 is 0 Å². The molecule has 0 saturated heterocycles. The highest BCUT2D eigenvalue weighted by molar-refractivity contribution is 5.82. The first kappa shape index (κ1) is 20.9. The van der Waals surface area contributed by atoms with Crippen molar-refractivity contribution in [3.63, 3.8) is 0 Å². The molecule has 0 rings (SSSR count). The highest BCUT2D eigenvalue weighted by Crippen LogP contribution is 2.08. The summed E-state index contributed by atoms with van der Waals surface area (Å²) >= 11 is 0. The van der Waals surface area contributed by atoms with Crippen LogP contribution in [0.4, 0.5) is 0 Å². The van der Waals surface area contributed by atoms with Gasteiger partial charge in [0.1, 0.15) is 0 Å². The van der Waals surface area contributed by atoms with Gasteiger partial charge in [-0.05, 0) is 45.7 Å². The smallest absolute Gasteiger partial charge is 0.237 e. The Labute approximate surface area is 139 Å². The number of aliphatic imine (C=N–C) groups is 1. The molecule has 0 unspecified atom stereocenters. The van der Waals surface area contributed by atoms with E-state index in [0.29, 0.717) is 13.0 Å². The molecule has 0 aliphatic heterocycles. The van der Waals surface area contributed by atoms with Crippen molar-refractivity contribution in [2.45, 2.75) is 45.2 Å². The number of carbonyl (C=O) groups excluding carboxylic acids is 1. The number of guanidine groups is 1. The number of nitrogens with zero attached hydrogens (tertiary/aromatic N) is 1. The summed E-state index contributed by atoms with van der Waals surface area (Å²) in [5, 5.41) is 6.05. The van der Waals surface area contributed by atoms with E-state index >= 15 is 0 Å². The van der Waals surface area contributed by atoms with Gasteiger partial charge in [-0.3, -0.25) is 9.79 Å². The van der Waals surface area contributed by atoms with Crippen LogP contribution in [0.15, 0.2) is 41.4 Å². The van der Waals surface area contributed by atoms with Gasteiger partial charge < -0.3 is 22.1 Å². The molecular formula is C17H31N5O. The molecular weight excluding hydrogens is 290 g/mol. The van der Waals surface area contributed by atoms with Crippen molar-refractivity contribution in [3.8, 4) is 0 Å². The standard InChI is InChI=1S/C17H31N5O/c1-5-7-9-14(6-2)12-13(3)22-16(23)15(20-4)10-8-11-21-17(18)19/h5-7,9,13,15,20H,2,8,10-12H2,1,3-4H3,(H,22,23)(H4,18,19,21)/b7-5-,14-9+/t13-,15-/m0/s1. The summed E-state index contributed by atoms with van der Waals surface area (Å²) in [4.78, 5) is 16.2. The lowest BCUT2D eigenvalue weighted by Gasteiger charge is -2.20. The van der Waals surface area contributed by atoms with Gasteiger partial charge in [0.15, 0.2) is 5.96 Å². The van der Waals surface area contributed by atoms with Gasteiger partial charge in [-0.15, -0.1) is 0 Å². The maximum absolute atomic E-state index is 12.3. The van der Waals surface area contributed by atoms with Crippen LogP contribution in [-0.4, -0.2) is 37.5 Å².